The van der Waals surface area contributed by atoms with Crippen molar-refractivity contribution in [2.45, 2.75) is 0 Å². The predicted molar refractivity (Wildman–Crippen MR) is 43.5 cm³/mol. The highest BCUT2D eigenvalue weighted by molar-refractivity contribution is 5.71. The number of rotatable bonds is 0. The second-order valence-electron chi connectivity index (χ2n) is 2.46. The molecule has 0 saturated carbocycles. The van der Waals surface area contributed by atoms with Crippen LogP contribution in [0, 0.1) is 5.21 Å². The second kappa shape index (κ2) is 2.45. The van der Waals surface area contributed by atoms with Gasteiger partial charge in [0.2, 0.25) is 0 Å². The summed E-state index contributed by atoms with van der Waals surface area (Å²) in [6.07, 6.45) is 1.66. The van der Waals surface area contributed by atoms with Gasteiger partial charge in [0.25, 0.3) is 0 Å². The van der Waals surface area contributed by atoms with Crippen LogP contribution in [0.2, 0.25) is 0 Å². The minimum atomic E-state index is 0.163. The van der Waals surface area contributed by atoms with Gasteiger partial charge in [0, 0.05) is 6.07 Å². The highest BCUT2D eigenvalue weighted by atomic mass is 16.5. The van der Waals surface area contributed by atoms with Gasteiger partial charge in [0.15, 0.2) is 5.69 Å². The number of hydrogen-bond donors (Lipinski definition) is 1. The van der Waals surface area contributed by atoms with Gasteiger partial charge >= 0.3 is 0 Å². The molecule has 1 aromatic rings. The van der Waals surface area contributed by atoms with Gasteiger partial charge in [0.1, 0.15) is 12.2 Å². The van der Waals surface area contributed by atoms with Crippen LogP contribution in [0.25, 0.3) is 0 Å². The first-order chi connectivity index (χ1) is 5.38. The number of benzene rings is 1. The Balaban J connectivity index is 2.54. The van der Waals surface area contributed by atoms with Gasteiger partial charge in [0.05, 0.1) is 6.21 Å². The van der Waals surface area contributed by atoms with Crippen molar-refractivity contribution in [3.8, 4) is 0 Å². The maximum absolute atomic E-state index is 11.2. The number of nitrogens with one attached hydrogen (secondary N) is 1. The van der Waals surface area contributed by atoms with E-state index in [1.807, 2.05) is 24.3 Å². The number of fused-ring (bicyclic) bond motifs is 1. The number of para-hydroxylation sites is 2. The van der Waals surface area contributed by atoms with Gasteiger partial charge in [-0.2, -0.15) is 0 Å². The monoisotopic (exact) mass is 148 g/mol. The molecule has 1 atom stereocenters. The molecular weight excluding hydrogens is 140 g/mol. The summed E-state index contributed by atoms with van der Waals surface area (Å²) in [4.78, 5) is 4.10. The van der Waals surface area contributed by atoms with Crippen LogP contribution in [0.3, 0.4) is 0 Å². The Morgan fingerprint density at radius 1 is 1.36 bits per heavy atom. The highest BCUT2D eigenvalue weighted by Gasteiger charge is 2.10. The number of hydrogen-bond acceptors (Lipinski definition) is 2. The number of nitrogens with zero attached hydrogens (tertiary/aromatic N) is 1. The molecule has 1 aliphatic rings. The first-order valence-electron chi connectivity index (χ1n) is 3.53. The van der Waals surface area contributed by atoms with Crippen molar-refractivity contribution in [2.24, 2.45) is 4.99 Å². The molecule has 0 fully saturated rings. The summed E-state index contributed by atoms with van der Waals surface area (Å²) in [6, 6.07) is 7.41. The Kier molecular flexibility index (Phi) is 1.45. The summed E-state index contributed by atoms with van der Waals surface area (Å²) in [5, 5.41) is 11.4. The largest absolute Gasteiger partial charge is 0.629 e. The van der Waals surface area contributed by atoms with Crippen LogP contribution in [0.5, 0.6) is 0 Å². The van der Waals surface area contributed by atoms with Gasteiger partial charge in [-0.15, -0.1) is 0 Å². The van der Waals surface area contributed by atoms with Gasteiger partial charge in [-0.3, -0.25) is 0 Å². The fraction of sp³-hybridized carbons (Fsp3) is 0.125. The Morgan fingerprint density at radius 2 is 2.18 bits per heavy atom. The summed E-state index contributed by atoms with van der Waals surface area (Å²) in [5.41, 5.74) is 1.54. The van der Waals surface area contributed by atoms with Crippen LogP contribution < -0.4 is 5.06 Å². The highest BCUT2D eigenvalue weighted by Crippen LogP contribution is 2.20. The zero-order chi connectivity index (χ0) is 7.68. The van der Waals surface area contributed by atoms with E-state index >= 15 is 0 Å². The summed E-state index contributed by atoms with van der Waals surface area (Å²) < 4.78 is 0. The van der Waals surface area contributed by atoms with Crippen LogP contribution in [0.15, 0.2) is 29.3 Å². The quantitative estimate of drug-likeness (QED) is 0.532. The summed E-state index contributed by atoms with van der Waals surface area (Å²) in [7, 11) is 0. The zero-order valence-electron chi connectivity index (χ0n) is 5.95. The number of hydroxylamine groups is 1. The standard InChI is InChI=1S/C8H8N2O/c11-10-6-5-9-7-3-1-2-4-8(7)10/h1-5,10H,6H2. The van der Waals surface area contributed by atoms with Gasteiger partial charge < -0.3 is 10.3 Å². The Hall–Kier alpha value is -1.19. The molecule has 56 valence electrons. The average Bonchev–Trinajstić information content (AvgIpc) is 2.06. The fourth-order valence-electron chi connectivity index (χ4n) is 1.16. The zero-order valence-corrected chi connectivity index (χ0v) is 5.95. The van der Waals surface area contributed by atoms with Crippen LogP contribution in [0.1, 0.15) is 0 Å². The molecule has 11 heavy (non-hydrogen) atoms. The molecule has 1 N–H and O–H groups in total. The Morgan fingerprint density at radius 3 is 3.00 bits per heavy atom. The Labute approximate surface area is 64.6 Å². The van der Waals surface area contributed by atoms with Crippen molar-refractivity contribution in [1.29, 1.82) is 0 Å². The molecule has 3 nitrogen and oxygen atoms in total. The third-order valence-corrected chi connectivity index (χ3v) is 1.71. The lowest BCUT2D eigenvalue weighted by atomic mass is 10.2. The van der Waals surface area contributed by atoms with Crippen molar-refractivity contribution in [2.75, 3.05) is 6.54 Å². The van der Waals surface area contributed by atoms with Crippen LogP contribution in [-0.4, -0.2) is 12.8 Å². The maximum atomic E-state index is 11.2. The molecule has 1 aliphatic heterocycles. The number of aliphatic imine (C=N–C) groups is 1. The van der Waals surface area contributed by atoms with Gasteiger partial charge in [-0.25, -0.2) is 4.99 Å². The molecule has 1 heterocycles. The van der Waals surface area contributed by atoms with Crippen molar-refractivity contribution in [3.63, 3.8) is 0 Å². The first-order valence-corrected chi connectivity index (χ1v) is 3.53. The molecular formula is C8H8N2O. The molecule has 0 aliphatic carbocycles. The van der Waals surface area contributed by atoms with Crippen molar-refractivity contribution in [1.82, 2.24) is 0 Å². The molecule has 0 aromatic heterocycles. The third-order valence-electron chi connectivity index (χ3n) is 1.71. The minimum absolute atomic E-state index is 0.163. The molecule has 3 heteroatoms. The molecule has 0 bridgehead atoms. The van der Waals surface area contributed by atoms with E-state index in [0.29, 0.717) is 6.54 Å². The van der Waals surface area contributed by atoms with Gasteiger partial charge in [-0.05, 0) is 6.07 Å². The van der Waals surface area contributed by atoms with E-state index in [1.54, 1.807) is 6.21 Å². The normalized spacial score (nSPS) is 21.4. The lowest BCUT2D eigenvalue weighted by Gasteiger charge is -2.23. The summed E-state index contributed by atoms with van der Waals surface area (Å²) >= 11 is 0. The maximum Gasteiger partial charge on any atom is 0.157 e. The summed E-state index contributed by atoms with van der Waals surface area (Å²) in [6.45, 7) is 0.441. The summed E-state index contributed by atoms with van der Waals surface area (Å²) in [5.74, 6) is 0. The van der Waals surface area contributed by atoms with E-state index in [9.17, 15) is 5.21 Å². The number of quaternary nitrogens is 1. The van der Waals surface area contributed by atoms with Crippen molar-refractivity contribution in [3.05, 3.63) is 29.5 Å². The smallest absolute Gasteiger partial charge is 0.157 e. The Bertz CT molecular complexity index is 296. The van der Waals surface area contributed by atoms with Crippen LogP contribution in [0.4, 0.5) is 11.4 Å². The van der Waals surface area contributed by atoms with E-state index in [-0.39, 0.29) is 5.06 Å². The van der Waals surface area contributed by atoms with E-state index in [1.165, 1.54) is 0 Å². The van der Waals surface area contributed by atoms with E-state index in [0.717, 1.165) is 11.4 Å². The van der Waals surface area contributed by atoms with E-state index in [2.05, 4.69) is 4.99 Å². The van der Waals surface area contributed by atoms with E-state index in [4.69, 9.17) is 0 Å². The van der Waals surface area contributed by atoms with Crippen LogP contribution in [-0.2, 0) is 0 Å². The van der Waals surface area contributed by atoms with E-state index < -0.39 is 0 Å². The van der Waals surface area contributed by atoms with Crippen molar-refractivity contribution >= 4 is 17.6 Å². The lowest BCUT2D eigenvalue weighted by molar-refractivity contribution is -0.764. The SMILES string of the molecule is [O-][NH+]1CC=Nc2ccccc21. The topological polar surface area (TPSA) is 39.9 Å². The molecule has 1 aromatic carbocycles. The van der Waals surface area contributed by atoms with Crippen LogP contribution >= 0.6 is 0 Å². The third kappa shape index (κ3) is 1.04. The molecule has 0 amide bonds. The fourth-order valence-corrected chi connectivity index (χ4v) is 1.16. The van der Waals surface area contributed by atoms with Crippen molar-refractivity contribution < 1.29 is 5.06 Å². The molecule has 1 unspecified atom stereocenters. The first kappa shape index (κ1) is 6.52. The molecule has 2 rings (SSSR count). The second-order valence-corrected chi connectivity index (χ2v) is 2.46. The van der Waals surface area contributed by atoms with Gasteiger partial charge in [-0.1, -0.05) is 12.1 Å². The minimum Gasteiger partial charge on any atom is -0.629 e. The molecule has 0 spiro atoms. The molecule has 0 radical (unpaired) electrons. The average molecular weight is 148 g/mol. The predicted octanol–water partition coefficient (Wildman–Crippen LogP) is 0.417. The molecule has 0 saturated heterocycles. The lowest BCUT2D eigenvalue weighted by Crippen LogP contribution is -3.02.